The first-order chi connectivity index (χ1) is 5.08. The molecule has 1 rings (SSSR count). The Morgan fingerprint density at radius 3 is 2.45 bits per heavy atom. The van der Waals surface area contributed by atoms with E-state index >= 15 is 0 Å². The van der Waals surface area contributed by atoms with Gasteiger partial charge < -0.3 is 5.32 Å². The summed E-state index contributed by atoms with van der Waals surface area (Å²) >= 11 is 0. The predicted molar refractivity (Wildman–Crippen MR) is 36.3 cm³/mol. The third kappa shape index (κ3) is 3.60. The van der Waals surface area contributed by atoms with Crippen LogP contribution >= 0.6 is 0 Å². The van der Waals surface area contributed by atoms with Crippen molar-refractivity contribution >= 4 is 0 Å². The summed E-state index contributed by atoms with van der Waals surface area (Å²) < 4.78 is 35.4. The van der Waals surface area contributed by atoms with Crippen molar-refractivity contribution < 1.29 is 13.2 Å². The van der Waals surface area contributed by atoms with Gasteiger partial charge in [-0.3, -0.25) is 0 Å². The van der Waals surface area contributed by atoms with Gasteiger partial charge in [-0.1, -0.05) is 6.42 Å². The molecular weight excluding hydrogens is 155 g/mol. The van der Waals surface area contributed by atoms with Crippen LogP contribution in [0.1, 0.15) is 25.7 Å². The van der Waals surface area contributed by atoms with E-state index in [1.807, 2.05) is 0 Å². The van der Waals surface area contributed by atoms with E-state index in [0.29, 0.717) is 6.42 Å². The monoisotopic (exact) mass is 167 g/mol. The van der Waals surface area contributed by atoms with Gasteiger partial charge in [0, 0.05) is 6.04 Å². The minimum Gasteiger partial charge on any atom is -0.314 e. The molecule has 1 atom stereocenters. The second kappa shape index (κ2) is 3.43. The van der Waals surface area contributed by atoms with Crippen LogP contribution in [0.5, 0.6) is 0 Å². The van der Waals surface area contributed by atoms with Gasteiger partial charge in [-0.05, 0) is 19.4 Å². The van der Waals surface area contributed by atoms with Crippen molar-refractivity contribution in [1.29, 1.82) is 0 Å². The van der Waals surface area contributed by atoms with Gasteiger partial charge in [-0.15, -0.1) is 0 Å². The average Bonchev–Trinajstić information content (AvgIpc) is 1.85. The van der Waals surface area contributed by atoms with Crippen molar-refractivity contribution in [2.75, 3.05) is 6.54 Å². The molecule has 1 aliphatic heterocycles. The Labute approximate surface area is 64.0 Å². The van der Waals surface area contributed by atoms with Crippen molar-refractivity contribution in [3.8, 4) is 0 Å². The fourth-order valence-corrected chi connectivity index (χ4v) is 1.38. The smallest absolute Gasteiger partial charge is 0.314 e. The van der Waals surface area contributed by atoms with E-state index in [-0.39, 0.29) is 6.04 Å². The molecule has 0 saturated carbocycles. The van der Waals surface area contributed by atoms with Gasteiger partial charge >= 0.3 is 6.18 Å². The van der Waals surface area contributed by atoms with Crippen LogP contribution in [0.4, 0.5) is 13.2 Å². The molecule has 1 aliphatic rings. The molecule has 0 bridgehead atoms. The zero-order valence-corrected chi connectivity index (χ0v) is 6.25. The van der Waals surface area contributed by atoms with Crippen molar-refractivity contribution in [1.82, 2.24) is 5.32 Å². The molecule has 1 saturated heterocycles. The third-order valence-corrected chi connectivity index (χ3v) is 1.89. The van der Waals surface area contributed by atoms with Crippen LogP contribution in [0, 0.1) is 0 Å². The highest BCUT2D eigenvalue weighted by atomic mass is 19.4. The maximum atomic E-state index is 11.8. The van der Waals surface area contributed by atoms with E-state index in [0.717, 1.165) is 19.4 Å². The highest BCUT2D eigenvalue weighted by Gasteiger charge is 2.32. The third-order valence-electron chi connectivity index (χ3n) is 1.89. The standard InChI is InChI=1S/C7H12F3N/c8-7(9,10)5-6-3-1-2-4-11-6/h6,11H,1-5H2. The van der Waals surface area contributed by atoms with Crippen LogP contribution in [0.3, 0.4) is 0 Å². The number of hydrogen-bond donors (Lipinski definition) is 1. The number of piperidine rings is 1. The van der Waals surface area contributed by atoms with E-state index in [2.05, 4.69) is 5.32 Å². The Hall–Kier alpha value is -0.250. The van der Waals surface area contributed by atoms with Crippen LogP contribution in [-0.2, 0) is 0 Å². The van der Waals surface area contributed by atoms with Crippen molar-refractivity contribution in [2.45, 2.75) is 37.9 Å². The van der Waals surface area contributed by atoms with Gasteiger partial charge in [0.15, 0.2) is 0 Å². The summed E-state index contributed by atoms with van der Waals surface area (Å²) in [7, 11) is 0. The summed E-state index contributed by atoms with van der Waals surface area (Å²) in [6, 6.07) is -0.330. The van der Waals surface area contributed by atoms with Crippen molar-refractivity contribution in [3.05, 3.63) is 0 Å². The first-order valence-electron chi connectivity index (χ1n) is 3.88. The first kappa shape index (κ1) is 8.84. The number of alkyl halides is 3. The van der Waals surface area contributed by atoms with E-state index in [9.17, 15) is 13.2 Å². The molecule has 1 N–H and O–H groups in total. The zero-order valence-electron chi connectivity index (χ0n) is 6.25. The topological polar surface area (TPSA) is 12.0 Å². The molecule has 66 valence electrons. The molecule has 0 aromatic heterocycles. The lowest BCUT2D eigenvalue weighted by Crippen LogP contribution is -2.37. The highest BCUT2D eigenvalue weighted by Crippen LogP contribution is 2.24. The van der Waals surface area contributed by atoms with Crippen LogP contribution in [0.25, 0.3) is 0 Å². The van der Waals surface area contributed by atoms with Gasteiger partial charge in [0.1, 0.15) is 0 Å². The van der Waals surface area contributed by atoms with Gasteiger partial charge in [0.25, 0.3) is 0 Å². The molecule has 0 aromatic carbocycles. The molecule has 1 unspecified atom stereocenters. The second-order valence-corrected chi connectivity index (χ2v) is 2.97. The SMILES string of the molecule is FC(F)(F)CC1CCCCN1. The van der Waals surface area contributed by atoms with E-state index in [4.69, 9.17) is 0 Å². The zero-order chi connectivity index (χ0) is 8.32. The molecule has 11 heavy (non-hydrogen) atoms. The molecule has 1 heterocycles. The van der Waals surface area contributed by atoms with Crippen LogP contribution in [0.15, 0.2) is 0 Å². The highest BCUT2D eigenvalue weighted by molar-refractivity contribution is 4.74. The molecule has 4 heteroatoms. The molecule has 0 radical (unpaired) electrons. The van der Waals surface area contributed by atoms with Gasteiger partial charge in [0.2, 0.25) is 0 Å². The number of rotatable bonds is 1. The van der Waals surface area contributed by atoms with Crippen LogP contribution in [0.2, 0.25) is 0 Å². The van der Waals surface area contributed by atoms with Gasteiger partial charge in [-0.25, -0.2) is 0 Å². The number of nitrogens with one attached hydrogen (secondary N) is 1. The summed E-state index contributed by atoms with van der Waals surface area (Å²) in [5.74, 6) is 0. The summed E-state index contributed by atoms with van der Waals surface area (Å²) in [5, 5.41) is 2.86. The lowest BCUT2D eigenvalue weighted by atomic mass is 10.0. The Morgan fingerprint density at radius 2 is 2.00 bits per heavy atom. The summed E-state index contributed by atoms with van der Waals surface area (Å²) in [6.07, 6.45) is -2.08. The summed E-state index contributed by atoms with van der Waals surface area (Å²) in [4.78, 5) is 0. The minimum absolute atomic E-state index is 0.330. The van der Waals surface area contributed by atoms with Crippen LogP contribution in [-0.4, -0.2) is 18.8 Å². The molecule has 0 aromatic rings. The minimum atomic E-state index is -4.00. The van der Waals surface area contributed by atoms with E-state index in [1.165, 1.54) is 0 Å². The first-order valence-corrected chi connectivity index (χ1v) is 3.88. The normalized spacial score (nSPS) is 27.0. The Bertz CT molecular complexity index is 115. The molecule has 0 amide bonds. The fraction of sp³-hybridized carbons (Fsp3) is 1.00. The Kier molecular flexibility index (Phi) is 2.76. The lowest BCUT2D eigenvalue weighted by Gasteiger charge is -2.24. The summed E-state index contributed by atoms with van der Waals surface area (Å²) in [6.45, 7) is 0.737. The molecule has 1 nitrogen and oxygen atoms in total. The quantitative estimate of drug-likeness (QED) is 0.630. The second-order valence-electron chi connectivity index (χ2n) is 2.97. The van der Waals surface area contributed by atoms with Gasteiger partial charge in [-0.2, -0.15) is 13.2 Å². The van der Waals surface area contributed by atoms with Crippen molar-refractivity contribution in [2.24, 2.45) is 0 Å². The largest absolute Gasteiger partial charge is 0.390 e. The van der Waals surface area contributed by atoms with E-state index < -0.39 is 12.6 Å². The predicted octanol–water partition coefficient (Wildman–Crippen LogP) is 2.08. The van der Waals surface area contributed by atoms with Crippen molar-refractivity contribution in [3.63, 3.8) is 0 Å². The molecular formula is C7H12F3N. The Balaban J connectivity index is 2.24. The Morgan fingerprint density at radius 1 is 1.27 bits per heavy atom. The fourth-order valence-electron chi connectivity index (χ4n) is 1.38. The lowest BCUT2D eigenvalue weighted by molar-refractivity contribution is -0.141. The average molecular weight is 167 g/mol. The molecule has 0 aliphatic carbocycles. The molecule has 1 fully saturated rings. The van der Waals surface area contributed by atoms with Crippen LogP contribution < -0.4 is 5.32 Å². The maximum Gasteiger partial charge on any atom is 0.390 e. The van der Waals surface area contributed by atoms with E-state index in [1.54, 1.807) is 0 Å². The summed E-state index contributed by atoms with van der Waals surface area (Å²) in [5.41, 5.74) is 0. The number of hydrogen-bond acceptors (Lipinski definition) is 1. The number of halogens is 3. The molecule has 0 spiro atoms. The maximum absolute atomic E-state index is 11.8. The van der Waals surface area contributed by atoms with Gasteiger partial charge in [0.05, 0.1) is 6.42 Å².